The normalized spacial score (nSPS) is 11.0. The van der Waals surface area contributed by atoms with Crippen LogP contribution in [0, 0.1) is 0 Å². The van der Waals surface area contributed by atoms with Crippen LogP contribution >= 0.6 is 15.9 Å². The van der Waals surface area contributed by atoms with Crippen molar-refractivity contribution in [2.75, 3.05) is 6.54 Å². The van der Waals surface area contributed by atoms with Crippen molar-refractivity contribution in [1.82, 2.24) is 10.2 Å². The maximum atomic E-state index is 12.1. The van der Waals surface area contributed by atoms with Gasteiger partial charge in [0.25, 0.3) is 0 Å². The molecular weight excluding hydrogens is 324 g/mol. The monoisotopic (exact) mass is 342 g/mol. The molecule has 0 aliphatic carbocycles. The maximum absolute atomic E-state index is 12.1. The van der Waals surface area contributed by atoms with E-state index in [2.05, 4.69) is 21.2 Å². The third-order valence-electron chi connectivity index (χ3n) is 2.68. The fourth-order valence-electron chi connectivity index (χ4n) is 1.67. The minimum atomic E-state index is -1.03. The average Bonchev–Trinajstić information content (AvgIpc) is 2.31. The summed E-state index contributed by atoms with van der Waals surface area (Å²) in [4.78, 5) is 24.3. The quantitative estimate of drug-likeness (QED) is 0.883. The van der Waals surface area contributed by atoms with Gasteiger partial charge in [0.1, 0.15) is 6.54 Å². The van der Waals surface area contributed by atoms with E-state index < -0.39 is 11.5 Å². The number of nitrogens with one attached hydrogen (secondary N) is 1. The van der Waals surface area contributed by atoms with Gasteiger partial charge in [0, 0.05) is 16.6 Å². The Labute approximate surface area is 127 Å². The van der Waals surface area contributed by atoms with Crippen molar-refractivity contribution in [2.24, 2.45) is 0 Å². The van der Waals surface area contributed by atoms with Crippen molar-refractivity contribution in [1.29, 1.82) is 0 Å². The number of carboxylic acid groups (broad SMARTS) is 1. The molecule has 5 nitrogen and oxygen atoms in total. The zero-order chi connectivity index (χ0) is 15.3. The molecule has 1 rings (SSSR count). The lowest BCUT2D eigenvalue weighted by Crippen LogP contribution is -2.52. The lowest BCUT2D eigenvalue weighted by Gasteiger charge is -2.34. The van der Waals surface area contributed by atoms with Gasteiger partial charge in [-0.3, -0.25) is 4.79 Å². The molecule has 0 atom stereocenters. The van der Waals surface area contributed by atoms with E-state index in [4.69, 9.17) is 5.11 Å². The van der Waals surface area contributed by atoms with Crippen molar-refractivity contribution in [3.8, 4) is 0 Å². The molecule has 110 valence electrons. The maximum Gasteiger partial charge on any atom is 0.323 e. The largest absolute Gasteiger partial charge is 0.480 e. The van der Waals surface area contributed by atoms with Crippen LogP contribution in [0.4, 0.5) is 4.79 Å². The minimum absolute atomic E-state index is 0.326. The number of aliphatic carboxylic acids is 1. The van der Waals surface area contributed by atoms with Gasteiger partial charge in [-0.25, -0.2) is 4.79 Å². The topological polar surface area (TPSA) is 69.6 Å². The second-order valence-electron chi connectivity index (χ2n) is 5.44. The molecule has 0 saturated carbocycles. The summed E-state index contributed by atoms with van der Waals surface area (Å²) < 4.78 is 0.933. The van der Waals surface area contributed by atoms with Crippen molar-refractivity contribution < 1.29 is 14.7 Å². The first-order chi connectivity index (χ1) is 9.20. The molecule has 20 heavy (non-hydrogen) atoms. The third kappa shape index (κ3) is 5.21. The fraction of sp³-hybridized carbons (Fsp3) is 0.429. The van der Waals surface area contributed by atoms with Gasteiger partial charge >= 0.3 is 12.0 Å². The lowest BCUT2D eigenvalue weighted by atomic mass is 10.1. The number of hydrogen-bond donors (Lipinski definition) is 2. The van der Waals surface area contributed by atoms with Crippen LogP contribution in [-0.2, 0) is 11.3 Å². The molecule has 0 unspecified atom stereocenters. The molecule has 0 radical (unpaired) electrons. The first kappa shape index (κ1) is 16.5. The van der Waals surface area contributed by atoms with Crippen molar-refractivity contribution in [3.63, 3.8) is 0 Å². The molecule has 0 aromatic heterocycles. The van der Waals surface area contributed by atoms with Gasteiger partial charge in [-0.1, -0.05) is 28.1 Å². The number of carboxylic acids is 1. The van der Waals surface area contributed by atoms with Crippen LogP contribution in [-0.4, -0.2) is 34.1 Å². The first-order valence-electron chi connectivity index (χ1n) is 6.22. The van der Waals surface area contributed by atoms with Gasteiger partial charge in [0.15, 0.2) is 0 Å². The molecule has 1 aromatic rings. The number of urea groups is 1. The smallest absolute Gasteiger partial charge is 0.323 e. The Bertz CT molecular complexity index is 497. The van der Waals surface area contributed by atoms with Gasteiger partial charge < -0.3 is 15.3 Å². The average molecular weight is 343 g/mol. The Morgan fingerprint density at radius 3 is 2.50 bits per heavy atom. The number of amides is 2. The van der Waals surface area contributed by atoms with E-state index in [9.17, 15) is 9.59 Å². The summed E-state index contributed by atoms with van der Waals surface area (Å²) in [6.07, 6.45) is 0. The predicted molar refractivity (Wildman–Crippen MR) is 80.5 cm³/mol. The lowest BCUT2D eigenvalue weighted by molar-refractivity contribution is -0.138. The van der Waals surface area contributed by atoms with Gasteiger partial charge in [0.05, 0.1) is 0 Å². The Morgan fingerprint density at radius 2 is 2.00 bits per heavy atom. The van der Waals surface area contributed by atoms with E-state index in [1.165, 1.54) is 4.90 Å². The molecule has 0 aliphatic heterocycles. The van der Waals surface area contributed by atoms with E-state index >= 15 is 0 Å². The van der Waals surface area contributed by atoms with Crippen LogP contribution in [0.2, 0.25) is 0 Å². The van der Waals surface area contributed by atoms with E-state index in [-0.39, 0.29) is 12.6 Å². The molecule has 2 N–H and O–H groups in total. The number of rotatable bonds is 4. The van der Waals surface area contributed by atoms with E-state index in [1.807, 2.05) is 24.3 Å². The molecule has 0 saturated heterocycles. The number of hydrogen-bond acceptors (Lipinski definition) is 2. The number of nitrogens with zero attached hydrogens (tertiary/aromatic N) is 1. The Kier molecular flexibility index (Phi) is 5.56. The Hall–Kier alpha value is -1.56. The van der Waals surface area contributed by atoms with Crippen LogP contribution < -0.4 is 5.32 Å². The summed E-state index contributed by atoms with van der Waals surface area (Å²) in [5.74, 6) is -1.03. The van der Waals surface area contributed by atoms with E-state index in [1.54, 1.807) is 20.8 Å². The second-order valence-corrected chi connectivity index (χ2v) is 6.36. The second kappa shape index (κ2) is 6.74. The van der Waals surface area contributed by atoms with Crippen molar-refractivity contribution in [3.05, 3.63) is 34.3 Å². The minimum Gasteiger partial charge on any atom is -0.480 e. The zero-order valence-electron chi connectivity index (χ0n) is 11.8. The highest BCUT2D eigenvalue weighted by Crippen LogP contribution is 2.14. The van der Waals surface area contributed by atoms with Crippen LogP contribution in [0.25, 0.3) is 0 Å². The Morgan fingerprint density at radius 1 is 1.35 bits per heavy atom. The third-order valence-corrected chi connectivity index (χ3v) is 3.17. The molecule has 6 heteroatoms. The molecule has 1 aromatic carbocycles. The van der Waals surface area contributed by atoms with Gasteiger partial charge in [-0.05, 0) is 38.5 Å². The summed E-state index contributed by atoms with van der Waals surface area (Å²) in [5, 5.41) is 11.6. The Balaban J connectivity index is 2.69. The fourth-order valence-corrected chi connectivity index (χ4v) is 2.12. The predicted octanol–water partition coefficient (Wildman–Crippen LogP) is 2.84. The van der Waals surface area contributed by atoms with Crippen LogP contribution in [0.15, 0.2) is 28.7 Å². The standard InChI is InChI=1S/C14H19BrN2O3/c1-14(2,3)17(9-12(18)19)13(20)16-8-10-5-4-6-11(15)7-10/h4-7H,8-9H2,1-3H3,(H,16,20)(H,18,19). The summed E-state index contributed by atoms with van der Waals surface area (Å²) in [6.45, 7) is 5.43. The molecule has 2 amide bonds. The number of halogens is 1. The number of carbonyl (C=O) groups is 2. The van der Waals surface area contributed by atoms with Gasteiger partial charge in [-0.2, -0.15) is 0 Å². The summed E-state index contributed by atoms with van der Waals surface area (Å²) in [7, 11) is 0. The summed E-state index contributed by atoms with van der Waals surface area (Å²) >= 11 is 3.36. The summed E-state index contributed by atoms with van der Waals surface area (Å²) in [5.41, 5.74) is 0.386. The first-order valence-corrected chi connectivity index (χ1v) is 7.01. The van der Waals surface area contributed by atoms with Crippen LogP contribution in [0.3, 0.4) is 0 Å². The molecule has 0 fully saturated rings. The van der Waals surface area contributed by atoms with Crippen molar-refractivity contribution in [2.45, 2.75) is 32.9 Å². The highest BCUT2D eigenvalue weighted by Gasteiger charge is 2.28. The molecule has 0 aliphatic rings. The number of benzene rings is 1. The van der Waals surface area contributed by atoms with Gasteiger partial charge in [0.2, 0.25) is 0 Å². The molecule has 0 heterocycles. The molecule has 0 spiro atoms. The van der Waals surface area contributed by atoms with Crippen LogP contribution in [0.1, 0.15) is 26.3 Å². The number of carbonyl (C=O) groups excluding carboxylic acids is 1. The SMILES string of the molecule is CC(C)(C)N(CC(=O)O)C(=O)NCc1cccc(Br)c1. The molecular formula is C14H19BrN2O3. The molecule has 0 bridgehead atoms. The van der Waals surface area contributed by atoms with E-state index in [0.29, 0.717) is 6.54 Å². The van der Waals surface area contributed by atoms with Crippen LogP contribution in [0.5, 0.6) is 0 Å². The zero-order valence-corrected chi connectivity index (χ0v) is 13.4. The summed E-state index contributed by atoms with van der Waals surface area (Å²) in [6, 6.07) is 7.18. The van der Waals surface area contributed by atoms with Gasteiger partial charge in [-0.15, -0.1) is 0 Å². The van der Waals surface area contributed by atoms with Crippen molar-refractivity contribution >= 4 is 27.9 Å². The highest BCUT2D eigenvalue weighted by atomic mass is 79.9. The highest BCUT2D eigenvalue weighted by molar-refractivity contribution is 9.10. The van der Waals surface area contributed by atoms with E-state index in [0.717, 1.165) is 10.0 Å².